The number of amides is 1. The largest absolute Gasteiger partial charge is 0.350 e. The van der Waals surface area contributed by atoms with Gasteiger partial charge in [0, 0.05) is 0 Å². The van der Waals surface area contributed by atoms with Crippen molar-refractivity contribution in [2.24, 2.45) is 0 Å². The molecule has 54 valence electrons. The van der Waals surface area contributed by atoms with Crippen molar-refractivity contribution in [3.8, 4) is 0 Å². The predicted octanol–water partition coefficient (Wildman–Crippen LogP) is -0.856. The van der Waals surface area contributed by atoms with Crippen LogP contribution in [0.1, 0.15) is 6.42 Å². The fraction of sp³-hybridized carbons (Fsp3) is 0.667. The zero-order valence-electron chi connectivity index (χ0n) is 5.37. The minimum Gasteiger partial charge on any atom is -0.350 e. The van der Waals surface area contributed by atoms with Crippen molar-refractivity contribution in [3.05, 3.63) is 0 Å². The van der Waals surface area contributed by atoms with Gasteiger partial charge in [-0.05, 0) is 0 Å². The topological polar surface area (TPSA) is 46.6 Å². The van der Waals surface area contributed by atoms with E-state index in [2.05, 4.69) is 0 Å². The fourth-order valence-corrected chi connectivity index (χ4v) is 1.19. The van der Waals surface area contributed by atoms with Gasteiger partial charge in [0.25, 0.3) is 0 Å². The van der Waals surface area contributed by atoms with Crippen LogP contribution in [-0.2, 0) is 14.3 Å². The van der Waals surface area contributed by atoms with E-state index < -0.39 is 0 Å². The Hall–Kier alpha value is -0.900. The van der Waals surface area contributed by atoms with E-state index in [4.69, 9.17) is 4.74 Å². The van der Waals surface area contributed by atoms with Crippen LogP contribution in [0.25, 0.3) is 0 Å². The third-order valence-electron chi connectivity index (χ3n) is 1.80. The standard InChI is InChI=1S/C6H7NO3/c8-4-2-7-5(9)1-6(7)10-3-4/h6H,1-3H2/t6-/m1/s1. The van der Waals surface area contributed by atoms with E-state index in [1.807, 2.05) is 0 Å². The van der Waals surface area contributed by atoms with Crippen molar-refractivity contribution < 1.29 is 14.3 Å². The minimum atomic E-state index is -0.0924. The van der Waals surface area contributed by atoms with Crippen LogP contribution < -0.4 is 0 Å². The van der Waals surface area contributed by atoms with Crippen molar-refractivity contribution in [1.29, 1.82) is 0 Å². The number of hydrogen-bond donors (Lipinski definition) is 0. The highest BCUT2D eigenvalue weighted by Gasteiger charge is 2.41. The summed E-state index contributed by atoms with van der Waals surface area (Å²) in [5.74, 6) is 0.0161. The molecular formula is C6H7NO3. The normalized spacial score (nSPS) is 31.6. The Morgan fingerprint density at radius 1 is 1.50 bits per heavy atom. The number of rotatable bonds is 0. The van der Waals surface area contributed by atoms with Gasteiger partial charge in [-0.15, -0.1) is 0 Å². The minimum absolute atomic E-state index is 0.00991. The van der Waals surface area contributed by atoms with Crippen molar-refractivity contribution in [3.63, 3.8) is 0 Å². The molecular weight excluding hydrogens is 134 g/mol. The van der Waals surface area contributed by atoms with Gasteiger partial charge in [-0.2, -0.15) is 0 Å². The summed E-state index contributed by atoms with van der Waals surface area (Å²) in [6.07, 6.45) is 0.359. The zero-order valence-corrected chi connectivity index (χ0v) is 5.37. The number of nitrogens with zero attached hydrogens (tertiary/aromatic N) is 1. The summed E-state index contributed by atoms with van der Waals surface area (Å²) in [6.45, 7) is 0.429. The summed E-state index contributed by atoms with van der Waals surface area (Å²) in [5.41, 5.74) is 0. The predicted molar refractivity (Wildman–Crippen MR) is 31.1 cm³/mol. The summed E-state index contributed by atoms with van der Waals surface area (Å²) >= 11 is 0. The van der Waals surface area contributed by atoms with E-state index in [1.54, 1.807) is 0 Å². The molecule has 2 heterocycles. The van der Waals surface area contributed by atoms with Gasteiger partial charge in [-0.1, -0.05) is 0 Å². The Bertz CT molecular complexity index is 195. The van der Waals surface area contributed by atoms with Gasteiger partial charge in [0.15, 0.2) is 5.78 Å². The Balaban J connectivity index is 2.07. The lowest BCUT2D eigenvalue weighted by Gasteiger charge is -2.42. The van der Waals surface area contributed by atoms with Gasteiger partial charge in [0.2, 0.25) is 5.91 Å². The highest BCUT2D eigenvalue weighted by Crippen LogP contribution is 2.22. The molecule has 0 radical (unpaired) electrons. The number of hydrogen-bond acceptors (Lipinski definition) is 3. The van der Waals surface area contributed by atoms with Gasteiger partial charge >= 0.3 is 0 Å². The maximum absolute atomic E-state index is 10.7. The third-order valence-corrected chi connectivity index (χ3v) is 1.80. The van der Waals surface area contributed by atoms with E-state index in [0.29, 0.717) is 6.42 Å². The molecule has 2 fully saturated rings. The molecule has 1 amide bonds. The second kappa shape index (κ2) is 1.79. The van der Waals surface area contributed by atoms with Crippen LogP contribution in [0.4, 0.5) is 0 Å². The third kappa shape index (κ3) is 0.654. The quantitative estimate of drug-likeness (QED) is 0.412. The van der Waals surface area contributed by atoms with E-state index in [9.17, 15) is 9.59 Å². The highest BCUT2D eigenvalue weighted by molar-refractivity contribution is 5.91. The van der Waals surface area contributed by atoms with Crippen LogP contribution >= 0.6 is 0 Å². The van der Waals surface area contributed by atoms with Crippen LogP contribution in [0.15, 0.2) is 0 Å². The molecule has 0 saturated carbocycles. The summed E-state index contributed by atoms with van der Waals surface area (Å²) in [4.78, 5) is 22.8. The van der Waals surface area contributed by atoms with Gasteiger partial charge in [-0.25, -0.2) is 0 Å². The molecule has 4 nitrogen and oxygen atoms in total. The molecule has 2 aliphatic heterocycles. The Morgan fingerprint density at radius 3 is 2.90 bits per heavy atom. The molecule has 0 spiro atoms. The Labute approximate surface area is 57.7 Å². The summed E-state index contributed by atoms with van der Waals surface area (Å²) in [7, 11) is 0. The second-order valence-corrected chi connectivity index (χ2v) is 2.53. The number of ketones is 1. The molecule has 0 bridgehead atoms. The molecule has 0 aromatic heterocycles. The average Bonchev–Trinajstić information content (AvgIpc) is 1.92. The molecule has 0 N–H and O–H groups in total. The maximum atomic E-state index is 10.7. The monoisotopic (exact) mass is 141 g/mol. The number of fused-ring (bicyclic) bond motifs is 1. The Morgan fingerprint density at radius 2 is 2.30 bits per heavy atom. The van der Waals surface area contributed by atoms with Gasteiger partial charge < -0.3 is 9.64 Å². The zero-order chi connectivity index (χ0) is 7.14. The van der Waals surface area contributed by atoms with Crippen LogP contribution in [0.2, 0.25) is 0 Å². The van der Waals surface area contributed by atoms with Crippen LogP contribution in [0.5, 0.6) is 0 Å². The summed E-state index contributed by atoms with van der Waals surface area (Å²) in [5, 5.41) is 0. The van der Waals surface area contributed by atoms with E-state index >= 15 is 0 Å². The van der Waals surface area contributed by atoms with E-state index in [-0.39, 0.29) is 31.1 Å². The number of ether oxygens (including phenoxy) is 1. The molecule has 0 aromatic rings. The van der Waals surface area contributed by atoms with Crippen LogP contribution in [-0.4, -0.2) is 36.0 Å². The lowest BCUT2D eigenvalue weighted by atomic mass is 10.1. The molecule has 0 aromatic carbocycles. The van der Waals surface area contributed by atoms with Gasteiger partial charge in [0.1, 0.15) is 12.8 Å². The molecule has 0 unspecified atom stereocenters. The first-order valence-electron chi connectivity index (χ1n) is 3.20. The molecule has 1 atom stereocenters. The fourth-order valence-electron chi connectivity index (χ4n) is 1.19. The first-order chi connectivity index (χ1) is 4.77. The number of carbonyl (C=O) groups excluding carboxylic acids is 2. The van der Waals surface area contributed by atoms with E-state index in [0.717, 1.165) is 0 Å². The molecule has 10 heavy (non-hydrogen) atoms. The maximum Gasteiger partial charge on any atom is 0.229 e. The number of Topliss-reactive ketones (excluding diaryl/α,β-unsaturated/α-hetero) is 1. The first-order valence-corrected chi connectivity index (χ1v) is 3.20. The van der Waals surface area contributed by atoms with Gasteiger partial charge in [-0.3, -0.25) is 9.59 Å². The lowest BCUT2D eigenvalue weighted by molar-refractivity contribution is -0.188. The number of β-lactam (4-membered cyclic amide) rings is 1. The molecule has 2 aliphatic rings. The van der Waals surface area contributed by atoms with Crippen molar-refractivity contribution in [2.45, 2.75) is 12.6 Å². The Kier molecular flexibility index (Phi) is 1.05. The molecule has 2 saturated heterocycles. The van der Waals surface area contributed by atoms with E-state index in [1.165, 1.54) is 4.90 Å². The summed E-state index contributed by atoms with van der Waals surface area (Å²) < 4.78 is 5.02. The van der Waals surface area contributed by atoms with Crippen molar-refractivity contribution >= 4 is 11.7 Å². The lowest BCUT2D eigenvalue weighted by Crippen LogP contribution is -2.59. The SMILES string of the molecule is O=C1CO[C@@H]2CC(=O)N2C1. The smallest absolute Gasteiger partial charge is 0.229 e. The average molecular weight is 141 g/mol. The van der Waals surface area contributed by atoms with Crippen molar-refractivity contribution in [2.75, 3.05) is 13.2 Å². The number of carbonyl (C=O) groups is 2. The molecule has 2 rings (SSSR count). The molecule has 0 aliphatic carbocycles. The highest BCUT2D eigenvalue weighted by atomic mass is 16.5. The van der Waals surface area contributed by atoms with Crippen LogP contribution in [0, 0.1) is 0 Å². The van der Waals surface area contributed by atoms with Crippen LogP contribution in [0.3, 0.4) is 0 Å². The van der Waals surface area contributed by atoms with Gasteiger partial charge in [0.05, 0.1) is 13.0 Å². The molecule has 4 heteroatoms. The first kappa shape index (κ1) is 5.85. The van der Waals surface area contributed by atoms with Crippen molar-refractivity contribution in [1.82, 2.24) is 4.90 Å². The summed E-state index contributed by atoms with van der Waals surface area (Å²) in [6, 6.07) is 0. The second-order valence-electron chi connectivity index (χ2n) is 2.53.